The van der Waals surface area contributed by atoms with Gasteiger partial charge in [-0.2, -0.15) is 0 Å². The molecule has 0 aliphatic carbocycles. The summed E-state index contributed by atoms with van der Waals surface area (Å²) < 4.78 is 10.6. The summed E-state index contributed by atoms with van der Waals surface area (Å²) in [6.45, 7) is 3.06. The van der Waals surface area contributed by atoms with Crippen molar-refractivity contribution >= 4 is 12.0 Å². The third-order valence-electron chi connectivity index (χ3n) is 4.37. The Kier molecular flexibility index (Phi) is 4.27. The van der Waals surface area contributed by atoms with Gasteiger partial charge >= 0.3 is 12.0 Å². The Labute approximate surface area is 134 Å². The molecule has 23 heavy (non-hydrogen) atoms. The van der Waals surface area contributed by atoms with E-state index in [1.807, 2.05) is 25.1 Å². The molecule has 2 amide bonds. The van der Waals surface area contributed by atoms with Crippen molar-refractivity contribution in [3.8, 4) is 11.5 Å². The molecule has 1 unspecified atom stereocenters. The second-order valence-corrected chi connectivity index (χ2v) is 5.88. The minimum absolute atomic E-state index is 0.168. The summed E-state index contributed by atoms with van der Waals surface area (Å²) in [5, 5.41) is 11.9. The Morgan fingerprint density at radius 3 is 2.65 bits per heavy atom. The summed E-state index contributed by atoms with van der Waals surface area (Å²) in [6.07, 6.45) is 1.00. The van der Waals surface area contributed by atoms with Crippen LogP contribution in [0.2, 0.25) is 0 Å². The SMILES string of the molecule is CC(NC(=O)N1CCC(C(=O)O)CC1)c1ccc2c(c1)OCO2. The van der Waals surface area contributed by atoms with Crippen LogP contribution in [0, 0.1) is 5.92 Å². The zero-order chi connectivity index (χ0) is 16.4. The first-order valence-corrected chi connectivity index (χ1v) is 7.72. The number of carboxylic acids is 1. The van der Waals surface area contributed by atoms with Gasteiger partial charge in [-0.1, -0.05) is 6.07 Å². The monoisotopic (exact) mass is 320 g/mol. The lowest BCUT2D eigenvalue weighted by Gasteiger charge is -2.31. The van der Waals surface area contributed by atoms with Crippen molar-refractivity contribution in [3.05, 3.63) is 23.8 Å². The summed E-state index contributed by atoms with van der Waals surface area (Å²) in [5.74, 6) is 0.276. The van der Waals surface area contributed by atoms with Crippen LogP contribution in [0.4, 0.5) is 4.79 Å². The molecule has 7 heteroatoms. The van der Waals surface area contributed by atoms with Gasteiger partial charge in [0.25, 0.3) is 0 Å². The van der Waals surface area contributed by atoms with Gasteiger partial charge in [-0.15, -0.1) is 0 Å². The fourth-order valence-electron chi connectivity index (χ4n) is 2.87. The van der Waals surface area contributed by atoms with Crippen molar-refractivity contribution in [2.45, 2.75) is 25.8 Å². The van der Waals surface area contributed by atoms with Gasteiger partial charge in [0, 0.05) is 13.1 Å². The van der Waals surface area contributed by atoms with Crippen molar-refractivity contribution in [1.82, 2.24) is 10.2 Å². The topological polar surface area (TPSA) is 88.1 Å². The Balaban J connectivity index is 1.56. The Morgan fingerprint density at radius 1 is 1.26 bits per heavy atom. The predicted octanol–water partition coefficient (Wildman–Crippen LogP) is 1.98. The minimum Gasteiger partial charge on any atom is -0.481 e. The second kappa shape index (κ2) is 6.36. The van der Waals surface area contributed by atoms with Crippen LogP contribution in [0.25, 0.3) is 0 Å². The van der Waals surface area contributed by atoms with Gasteiger partial charge in [-0.05, 0) is 37.5 Å². The standard InChI is InChI=1S/C16H20N2O5/c1-10(12-2-3-13-14(8-12)23-9-22-13)17-16(21)18-6-4-11(5-7-18)15(19)20/h2-3,8,10-11H,4-7,9H2,1H3,(H,17,21)(H,19,20). The first kappa shape index (κ1) is 15.5. The molecule has 0 bridgehead atoms. The number of hydrogen-bond donors (Lipinski definition) is 2. The van der Waals surface area contributed by atoms with Gasteiger partial charge < -0.3 is 24.8 Å². The zero-order valence-electron chi connectivity index (χ0n) is 12.9. The van der Waals surface area contributed by atoms with Crippen molar-refractivity contribution in [1.29, 1.82) is 0 Å². The van der Waals surface area contributed by atoms with Gasteiger partial charge in [0.05, 0.1) is 12.0 Å². The van der Waals surface area contributed by atoms with Crippen LogP contribution in [0.1, 0.15) is 31.4 Å². The number of amides is 2. The fourth-order valence-corrected chi connectivity index (χ4v) is 2.87. The quantitative estimate of drug-likeness (QED) is 0.889. The molecule has 2 heterocycles. The summed E-state index contributed by atoms with van der Waals surface area (Å²) in [7, 11) is 0. The highest BCUT2D eigenvalue weighted by molar-refractivity contribution is 5.76. The van der Waals surface area contributed by atoms with Crippen molar-refractivity contribution in [2.24, 2.45) is 5.92 Å². The van der Waals surface area contributed by atoms with E-state index in [1.54, 1.807) is 4.90 Å². The van der Waals surface area contributed by atoms with E-state index in [-0.39, 0.29) is 24.8 Å². The number of rotatable bonds is 3. The largest absolute Gasteiger partial charge is 0.481 e. The van der Waals surface area contributed by atoms with Gasteiger partial charge in [0.2, 0.25) is 6.79 Å². The number of nitrogens with zero attached hydrogens (tertiary/aromatic N) is 1. The highest BCUT2D eigenvalue weighted by atomic mass is 16.7. The number of hydrogen-bond acceptors (Lipinski definition) is 4. The van der Waals surface area contributed by atoms with E-state index < -0.39 is 5.97 Å². The number of likely N-dealkylation sites (tertiary alicyclic amines) is 1. The summed E-state index contributed by atoms with van der Waals surface area (Å²) in [4.78, 5) is 24.9. The van der Waals surface area contributed by atoms with Crippen LogP contribution in [0.5, 0.6) is 11.5 Å². The van der Waals surface area contributed by atoms with Gasteiger partial charge in [0.1, 0.15) is 0 Å². The van der Waals surface area contributed by atoms with Crippen molar-refractivity contribution in [3.63, 3.8) is 0 Å². The fraction of sp³-hybridized carbons (Fsp3) is 0.500. The van der Waals surface area contributed by atoms with E-state index in [9.17, 15) is 9.59 Å². The number of carboxylic acid groups (broad SMARTS) is 1. The molecular weight excluding hydrogens is 300 g/mol. The Bertz CT molecular complexity index is 610. The van der Waals surface area contributed by atoms with E-state index >= 15 is 0 Å². The van der Waals surface area contributed by atoms with Gasteiger partial charge in [0.15, 0.2) is 11.5 Å². The molecular formula is C16H20N2O5. The summed E-state index contributed by atoms with van der Waals surface area (Å²) in [5.41, 5.74) is 0.933. The maximum Gasteiger partial charge on any atom is 0.317 e. The third-order valence-corrected chi connectivity index (χ3v) is 4.37. The highest BCUT2D eigenvalue weighted by Gasteiger charge is 2.27. The van der Waals surface area contributed by atoms with E-state index in [2.05, 4.69) is 5.32 Å². The molecule has 1 atom stereocenters. The third kappa shape index (κ3) is 3.33. The average Bonchev–Trinajstić information content (AvgIpc) is 3.02. The van der Waals surface area contributed by atoms with Crippen molar-refractivity contribution in [2.75, 3.05) is 19.9 Å². The number of aliphatic carboxylic acids is 1. The molecule has 2 aliphatic heterocycles. The number of ether oxygens (including phenoxy) is 2. The lowest BCUT2D eigenvalue weighted by Crippen LogP contribution is -2.46. The van der Waals surface area contributed by atoms with Crippen LogP contribution < -0.4 is 14.8 Å². The normalized spacial score (nSPS) is 18.6. The average molecular weight is 320 g/mol. The maximum atomic E-state index is 12.3. The van der Waals surface area contributed by atoms with Gasteiger partial charge in [-0.3, -0.25) is 4.79 Å². The number of benzene rings is 1. The number of fused-ring (bicyclic) bond motifs is 1. The van der Waals surface area contributed by atoms with Crippen molar-refractivity contribution < 1.29 is 24.2 Å². The molecule has 0 aromatic heterocycles. The molecule has 2 N–H and O–H groups in total. The molecule has 0 spiro atoms. The highest BCUT2D eigenvalue weighted by Crippen LogP contribution is 2.34. The molecule has 1 aromatic rings. The molecule has 0 saturated carbocycles. The number of carbonyl (C=O) groups is 2. The second-order valence-electron chi connectivity index (χ2n) is 5.88. The number of urea groups is 1. The van der Waals surface area contributed by atoms with Crippen LogP contribution >= 0.6 is 0 Å². The Morgan fingerprint density at radius 2 is 1.96 bits per heavy atom. The summed E-state index contributed by atoms with van der Waals surface area (Å²) >= 11 is 0. The molecule has 3 rings (SSSR count). The molecule has 2 aliphatic rings. The van der Waals surface area contributed by atoms with E-state index in [0.717, 1.165) is 5.56 Å². The first-order valence-electron chi connectivity index (χ1n) is 7.72. The van der Waals surface area contributed by atoms with Crippen LogP contribution in [0.3, 0.4) is 0 Å². The molecule has 7 nitrogen and oxygen atoms in total. The predicted molar refractivity (Wildman–Crippen MR) is 81.4 cm³/mol. The van der Waals surface area contributed by atoms with Crippen LogP contribution in [-0.2, 0) is 4.79 Å². The molecule has 1 saturated heterocycles. The molecule has 0 radical (unpaired) electrons. The van der Waals surface area contributed by atoms with Crippen LogP contribution in [-0.4, -0.2) is 41.9 Å². The van der Waals surface area contributed by atoms with E-state index in [1.165, 1.54) is 0 Å². The molecule has 1 aromatic carbocycles. The number of piperidine rings is 1. The lowest BCUT2D eigenvalue weighted by atomic mass is 9.97. The molecule has 1 fully saturated rings. The Hall–Kier alpha value is -2.44. The molecule has 124 valence electrons. The maximum absolute atomic E-state index is 12.3. The minimum atomic E-state index is -0.779. The van der Waals surface area contributed by atoms with E-state index in [0.29, 0.717) is 37.4 Å². The number of carbonyl (C=O) groups excluding carboxylic acids is 1. The zero-order valence-corrected chi connectivity index (χ0v) is 12.9. The smallest absolute Gasteiger partial charge is 0.317 e. The number of nitrogens with one attached hydrogen (secondary N) is 1. The first-order chi connectivity index (χ1) is 11.0. The lowest BCUT2D eigenvalue weighted by molar-refractivity contribution is -0.143. The summed E-state index contributed by atoms with van der Waals surface area (Å²) in [6, 6.07) is 5.26. The van der Waals surface area contributed by atoms with Gasteiger partial charge in [-0.25, -0.2) is 4.79 Å². The van der Waals surface area contributed by atoms with Crippen LogP contribution in [0.15, 0.2) is 18.2 Å². The van der Waals surface area contributed by atoms with E-state index in [4.69, 9.17) is 14.6 Å².